The first-order valence-corrected chi connectivity index (χ1v) is 10.4. The number of rotatable bonds is 8. The molecule has 0 aromatic carbocycles. The lowest BCUT2D eigenvalue weighted by atomic mass is 10.2. The zero-order chi connectivity index (χ0) is 20.5. The van der Waals surface area contributed by atoms with Crippen LogP contribution < -0.4 is 10.6 Å². The first-order valence-electron chi connectivity index (χ1n) is 9.61. The van der Waals surface area contributed by atoms with Crippen LogP contribution >= 0.6 is 11.3 Å². The molecule has 0 bridgehead atoms. The SMILES string of the molecule is C=C(C)CNC(=NCC(=O)N(C)C)NCC(c1ccc(C)s1)N1CCOCC1. The average molecular weight is 408 g/mol. The van der Waals surface area contributed by atoms with E-state index in [2.05, 4.69) is 46.2 Å². The van der Waals surface area contributed by atoms with Gasteiger partial charge in [0.2, 0.25) is 5.91 Å². The molecule has 2 N–H and O–H groups in total. The van der Waals surface area contributed by atoms with Gasteiger partial charge in [-0.05, 0) is 26.0 Å². The van der Waals surface area contributed by atoms with Crippen LogP contribution in [-0.4, -0.2) is 81.7 Å². The van der Waals surface area contributed by atoms with Gasteiger partial charge in [0.15, 0.2) is 5.96 Å². The van der Waals surface area contributed by atoms with Gasteiger partial charge in [-0.2, -0.15) is 0 Å². The maximum absolute atomic E-state index is 11.9. The highest BCUT2D eigenvalue weighted by Gasteiger charge is 2.24. The van der Waals surface area contributed by atoms with Crippen molar-refractivity contribution in [2.45, 2.75) is 19.9 Å². The summed E-state index contributed by atoms with van der Waals surface area (Å²) in [4.78, 5) is 23.0. The molecule has 2 rings (SSSR count). The van der Waals surface area contributed by atoms with E-state index in [4.69, 9.17) is 4.74 Å². The van der Waals surface area contributed by atoms with Crippen LogP contribution in [0.1, 0.15) is 22.7 Å². The molecular weight excluding hydrogens is 374 g/mol. The Morgan fingerprint density at radius 3 is 2.64 bits per heavy atom. The number of ether oxygens (including phenoxy) is 1. The number of aryl methyl sites for hydroxylation is 1. The van der Waals surface area contributed by atoms with E-state index in [0.717, 1.165) is 31.9 Å². The second-order valence-electron chi connectivity index (χ2n) is 7.26. The molecule has 0 radical (unpaired) electrons. The molecule has 7 nitrogen and oxygen atoms in total. The van der Waals surface area contributed by atoms with Gasteiger partial charge in [-0.1, -0.05) is 12.2 Å². The maximum Gasteiger partial charge on any atom is 0.243 e. The minimum Gasteiger partial charge on any atom is -0.379 e. The molecule has 1 unspecified atom stereocenters. The molecule has 1 amide bonds. The summed E-state index contributed by atoms with van der Waals surface area (Å²) in [6.45, 7) is 12.8. The lowest BCUT2D eigenvalue weighted by Gasteiger charge is -2.34. The van der Waals surface area contributed by atoms with E-state index in [9.17, 15) is 4.79 Å². The van der Waals surface area contributed by atoms with Crippen LogP contribution in [0.5, 0.6) is 0 Å². The van der Waals surface area contributed by atoms with E-state index in [1.54, 1.807) is 19.0 Å². The molecule has 156 valence electrons. The maximum atomic E-state index is 11.9. The molecule has 2 heterocycles. The van der Waals surface area contributed by atoms with E-state index < -0.39 is 0 Å². The summed E-state index contributed by atoms with van der Waals surface area (Å²) in [5.74, 6) is 0.597. The van der Waals surface area contributed by atoms with Gasteiger partial charge in [-0.15, -0.1) is 11.3 Å². The number of nitrogens with zero attached hydrogens (tertiary/aromatic N) is 3. The van der Waals surface area contributed by atoms with Crippen molar-refractivity contribution >= 4 is 23.2 Å². The van der Waals surface area contributed by atoms with Gasteiger partial charge in [0.25, 0.3) is 0 Å². The Labute approximate surface area is 172 Å². The smallest absolute Gasteiger partial charge is 0.243 e. The quantitative estimate of drug-likeness (QED) is 0.389. The molecule has 0 aliphatic carbocycles. The lowest BCUT2D eigenvalue weighted by molar-refractivity contribution is -0.127. The van der Waals surface area contributed by atoms with Crippen molar-refractivity contribution in [2.75, 3.05) is 60.0 Å². The third-order valence-corrected chi connectivity index (χ3v) is 5.57. The minimum absolute atomic E-state index is 0.0324. The molecule has 0 saturated carbocycles. The van der Waals surface area contributed by atoms with Crippen LogP contribution in [0.15, 0.2) is 29.3 Å². The minimum atomic E-state index is -0.0324. The van der Waals surface area contributed by atoms with Crippen molar-refractivity contribution in [1.29, 1.82) is 0 Å². The topological polar surface area (TPSA) is 69.2 Å². The second-order valence-corrected chi connectivity index (χ2v) is 8.58. The Bertz CT molecular complexity index is 680. The molecule has 8 heteroatoms. The fourth-order valence-corrected chi connectivity index (χ4v) is 3.83. The van der Waals surface area contributed by atoms with E-state index in [0.29, 0.717) is 19.0 Å². The first kappa shape index (κ1) is 22.4. The van der Waals surface area contributed by atoms with Gasteiger partial charge >= 0.3 is 0 Å². The monoisotopic (exact) mass is 407 g/mol. The Hall–Kier alpha value is -1.90. The number of hydrogen-bond donors (Lipinski definition) is 2. The predicted molar refractivity (Wildman–Crippen MR) is 116 cm³/mol. The van der Waals surface area contributed by atoms with Crippen LogP contribution in [0, 0.1) is 6.92 Å². The number of thiophene rings is 1. The Kier molecular flexibility index (Phi) is 8.95. The fraction of sp³-hybridized carbons (Fsp3) is 0.600. The van der Waals surface area contributed by atoms with Gasteiger partial charge in [0, 0.05) is 50.0 Å². The first-order chi connectivity index (χ1) is 13.4. The highest BCUT2D eigenvalue weighted by atomic mass is 32.1. The normalized spacial score (nSPS) is 16.5. The molecule has 1 aliphatic heterocycles. The standard InChI is InChI=1S/C20H33N5O2S/c1-15(2)12-21-20(23-14-19(26)24(4)5)22-13-17(18-7-6-16(3)28-18)25-8-10-27-11-9-25/h6-7,17H,1,8-14H2,2-5H3,(H2,21,22,23). The van der Waals surface area contributed by atoms with Crippen LogP contribution in [0.3, 0.4) is 0 Å². The summed E-state index contributed by atoms with van der Waals surface area (Å²) in [5.41, 5.74) is 1.01. The molecule has 1 aliphatic rings. The lowest BCUT2D eigenvalue weighted by Crippen LogP contribution is -2.46. The van der Waals surface area contributed by atoms with Crippen molar-refractivity contribution in [2.24, 2.45) is 4.99 Å². The zero-order valence-corrected chi connectivity index (χ0v) is 18.3. The van der Waals surface area contributed by atoms with Crippen molar-refractivity contribution in [3.05, 3.63) is 34.0 Å². The molecule has 1 saturated heterocycles. The van der Waals surface area contributed by atoms with E-state index in [1.165, 1.54) is 9.75 Å². The number of carbonyl (C=O) groups excluding carboxylic acids is 1. The fourth-order valence-electron chi connectivity index (χ4n) is 2.82. The number of aliphatic imine (C=N–C) groups is 1. The highest BCUT2D eigenvalue weighted by Crippen LogP contribution is 2.27. The van der Waals surface area contributed by atoms with Gasteiger partial charge < -0.3 is 20.3 Å². The Morgan fingerprint density at radius 1 is 1.36 bits per heavy atom. The Morgan fingerprint density at radius 2 is 2.07 bits per heavy atom. The summed E-state index contributed by atoms with van der Waals surface area (Å²) >= 11 is 1.82. The number of morpholine rings is 1. The third kappa shape index (κ3) is 7.26. The van der Waals surface area contributed by atoms with Crippen molar-refractivity contribution in [3.63, 3.8) is 0 Å². The molecule has 28 heavy (non-hydrogen) atoms. The number of amides is 1. The summed E-state index contributed by atoms with van der Waals surface area (Å²) in [6, 6.07) is 4.61. The number of guanidine groups is 1. The summed E-state index contributed by atoms with van der Waals surface area (Å²) in [6.07, 6.45) is 0. The van der Waals surface area contributed by atoms with Gasteiger partial charge in [0.1, 0.15) is 6.54 Å². The predicted octanol–water partition coefficient (Wildman–Crippen LogP) is 1.63. The van der Waals surface area contributed by atoms with Crippen molar-refractivity contribution in [3.8, 4) is 0 Å². The number of carbonyl (C=O) groups is 1. The van der Waals surface area contributed by atoms with E-state index in [-0.39, 0.29) is 18.5 Å². The van der Waals surface area contributed by atoms with E-state index >= 15 is 0 Å². The van der Waals surface area contributed by atoms with Gasteiger partial charge in [-0.25, -0.2) is 4.99 Å². The summed E-state index contributed by atoms with van der Waals surface area (Å²) in [5, 5.41) is 6.68. The van der Waals surface area contributed by atoms with Gasteiger partial charge in [0.05, 0.1) is 19.3 Å². The largest absolute Gasteiger partial charge is 0.379 e. The van der Waals surface area contributed by atoms with Crippen LogP contribution in [-0.2, 0) is 9.53 Å². The Balaban J connectivity index is 2.08. The highest BCUT2D eigenvalue weighted by molar-refractivity contribution is 7.12. The number of hydrogen-bond acceptors (Lipinski definition) is 5. The third-order valence-electron chi connectivity index (χ3n) is 4.47. The molecule has 1 atom stereocenters. The summed E-state index contributed by atoms with van der Waals surface area (Å²) in [7, 11) is 3.47. The van der Waals surface area contributed by atoms with Crippen LogP contribution in [0.2, 0.25) is 0 Å². The van der Waals surface area contributed by atoms with Crippen molar-refractivity contribution in [1.82, 2.24) is 20.4 Å². The average Bonchev–Trinajstić information content (AvgIpc) is 3.09. The van der Waals surface area contributed by atoms with E-state index in [1.807, 2.05) is 18.3 Å². The molecule has 0 spiro atoms. The molecular formula is C20H33N5O2S. The zero-order valence-electron chi connectivity index (χ0n) is 17.5. The van der Waals surface area contributed by atoms with Crippen LogP contribution in [0.25, 0.3) is 0 Å². The second kappa shape index (κ2) is 11.2. The number of likely N-dealkylation sites (N-methyl/N-ethyl adjacent to an activating group) is 1. The summed E-state index contributed by atoms with van der Waals surface area (Å²) < 4.78 is 5.52. The van der Waals surface area contributed by atoms with Crippen LogP contribution in [0.4, 0.5) is 0 Å². The molecule has 1 aromatic rings. The molecule has 1 fully saturated rings. The number of nitrogens with one attached hydrogen (secondary N) is 2. The molecule has 1 aromatic heterocycles. The van der Waals surface area contributed by atoms with Gasteiger partial charge in [-0.3, -0.25) is 9.69 Å². The van der Waals surface area contributed by atoms with Crippen molar-refractivity contribution < 1.29 is 9.53 Å².